The number of nitrogens with zero attached hydrogens (tertiary/aromatic N) is 1. The van der Waals surface area contributed by atoms with Crippen LogP contribution in [0, 0.1) is 28.6 Å². The molecule has 2 saturated carbocycles. The first-order valence-electron chi connectivity index (χ1n) is 10.4. The van der Waals surface area contributed by atoms with Gasteiger partial charge in [0.1, 0.15) is 0 Å². The summed E-state index contributed by atoms with van der Waals surface area (Å²) in [5.41, 5.74) is 1.12. The highest BCUT2D eigenvalue weighted by Gasteiger charge is 2.84. The van der Waals surface area contributed by atoms with Crippen molar-refractivity contribution in [1.82, 2.24) is 4.90 Å². The molecule has 1 spiro atoms. The van der Waals surface area contributed by atoms with Crippen LogP contribution in [0.5, 0.6) is 0 Å². The third-order valence-corrected chi connectivity index (χ3v) is 9.71. The van der Waals surface area contributed by atoms with E-state index in [1.54, 1.807) is 0 Å². The normalized spacial score (nSPS) is 54.7. The van der Waals surface area contributed by atoms with Crippen molar-refractivity contribution in [3.8, 4) is 0 Å². The number of carboxylic acid groups (broad SMARTS) is 1. The van der Waals surface area contributed by atoms with Crippen molar-refractivity contribution in [3.63, 3.8) is 0 Å². The van der Waals surface area contributed by atoms with Crippen LogP contribution in [-0.4, -0.2) is 33.6 Å². The number of fused-ring (bicyclic) bond motifs is 1. The van der Waals surface area contributed by atoms with E-state index in [0.717, 1.165) is 30.2 Å². The molecule has 5 fully saturated rings. The first kappa shape index (κ1) is 15.7. The van der Waals surface area contributed by atoms with Crippen molar-refractivity contribution in [1.29, 1.82) is 0 Å². The Kier molecular flexibility index (Phi) is 2.99. The van der Waals surface area contributed by atoms with Gasteiger partial charge in [0.15, 0.2) is 0 Å². The van der Waals surface area contributed by atoms with E-state index in [1.807, 2.05) is 0 Å². The van der Waals surface area contributed by atoms with Crippen molar-refractivity contribution < 1.29 is 9.90 Å². The predicted molar refractivity (Wildman–Crippen MR) is 93.7 cm³/mol. The highest BCUT2D eigenvalue weighted by atomic mass is 16.4. The van der Waals surface area contributed by atoms with Crippen molar-refractivity contribution in [2.75, 3.05) is 0 Å². The zero-order valence-electron chi connectivity index (χ0n) is 15.6. The van der Waals surface area contributed by atoms with Crippen molar-refractivity contribution in [2.45, 2.75) is 96.2 Å². The standard InChI is InChI=1S/C21H33NO2/c1-13(2)14-6-10-19(3)16-7-11-20-9-4-5-15(20)21(19,12-8-17(23)24)18(14)22(16)20/h13-16,18H,4-12H2,1-3H3,(H,23,24). The number of aliphatic carboxylic acids is 1. The maximum absolute atomic E-state index is 11.5. The molecule has 7 atom stereocenters. The van der Waals surface area contributed by atoms with Crippen molar-refractivity contribution in [2.24, 2.45) is 28.6 Å². The Balaban J connectivity index is 1.69. The van der Waals surface area contributed by atoms with E-state index in [0.29, 0.717) is 23.4 Å². The van der Waals surface area contributed by atoms with Crippen LogP contribution in [0.1, 0.15) is 78.6 Å². The van der Waals surface area contributed by atoms with Gasteiger partial charge in [-0.3, -0.25) is 9.69 Å². The Morgan fingerprint density at radius 3 is 2.71 bits per heavy atom. The van der Waals surface area contributed by atoms with Gasteiger partial charge in [0.2, 0.25) is 0 Å². The summed E-state index contributed by atoms with van der Waals surface area (Å²) in [5, 5.41) is 9.49. The van der Waals surface area contributed by atoms with Gasteiger partial charge in [0, 0.05) is 24.0 Å². The van der Waals surface area contributed by atoms with Crippen LogP contribution in [0.2, 0.25) is 0 Å². The minimum atomic E-state index is -0.586. The summed E-state index contributed by atoms with van der Waals surface area (Å²) in [6, 6.07) is 1.42. The van der Waals surface area contributed by atoms with Crippen LogP contribution >= 0.6 is 0 Å². The van der Waals surface area contributed by atoms with Crippen LogP contribution < -0.4 is 0 Å². The molecule has 2 aliphatic carbocycles. The number of hydrogen-bond acceptors (Lipinski definition) is 2. The maximum Gasteiger partial charge on any atom is 0.303 e. The maximum atomic E-state index is 11.5. The number of carbonyl (C=O) groups is 1. The van der Waals surface area contributed by atoms with Gasteiger partial charge in [0.05, 0.1) is 0 Å². The Labute approximate surface area is 146 Å². The summed E-state index contributed by atoms with van der Waals surface area (Å²) in [4.78, 5) is 14.6. The number of carboxylic acids is 1. The quantitative estimate of drug-likeness (QED) is 0.834. The van der Waals surface area contributed by atoms with Crippen LogP contribution in [0.15, 0.2) is 0 Å². The summed E-state index contributed by atoms with van der Waals surface area (Å²) in [7, 11) is 0. The van der Waals surface area contributed by atoms with Crippen LogP contribution in [0.4, 0.5) is 0 Å². The molecule has 0 aromatic heterocycles. The second-order valence-corrected chi connectivity index (χ2v) is 10.3. The summed E-state index contributed by atoms with van der Waals surface area (Å²) in [6.07, 6.45) is 10.9. The second-order valence-electron chi connectivity index (χ2n) is 10.3. The molecule has 3 saturated heterocycles. The van der Waals surface area contributed by atoms with Gasteiger partial charge in [-0.1, -0.05) is 27.2 Å². The lowest BCUT2D eigenvalue weighted by Gasteiger charge is -2.57. The predicted octanol–water partition coefficient (Wildman–Crippen LogP) is 4.31. The summed E-state index contributed by atoms with van der Waals surface area (Å²) in [6.45, 7) is 7.38. The van der Waals surface area contributed by atoms with Crippen LogP contribution in [-0.2, 0) is 4.79 Å². The molecule has 3 aliphatic heterocycles. The second kappa shape index (κ2) is 4.58. The van der Waals surface area contributed by atoms with Crippen LogP contribution in [0.3, 0.4) is 0 Å². The van der Waals surface area contributed by atoms with E-state index >= 15 is 0 Å². The van der Waals surface area contributed by atoms with Gasteiger partial charge in [-0.05, 0) is 73.5 Å². The van der Waals surface area contributed by atoms with E-state index in [4.69, 9.17) is 0 Å². The SMILES string of the molecule is CC(C)C1CCC2(C)C3CCC45CCCC4C2(CCC(=O)O)C1N35. The molecule has 0 aromatic carbocycles. The van der Waals surface area contributed by atoms with Gasteiger partial charge in [-0.2, -0.15) is 0 Å². The smallest absolute Gasteiger partial charge is 0.303 e. The third kappa shape index (κ3) is 1.42. The van der Waals surface area contributed by atoms with E-state index in [-0.39, 0.29) is 5.41 Å². The van der Waals surface area contributed by atoms with Gasteiger partial charge in [-0.15, -0.1) is 0 Å². The largest absolute Gasteiger partial charge is 0.481 e. The topological polar surface area (TPSA) is 40.5 Å². The lowest BCUT2D eigenvalue weighted by molar-refractivity contribution is -0.140. The fourth-order valence-corrected chi connectivity index (χ4v) is 9.19. The molecule has 0 radical (unpaired) electrons. The van der Waals surface area contributed by atoms with E-state index in [9.17, 15) is 9.90 Å². The Bertz CT molecular complexity index is 588. The van der Waals surface area contributed by atoms with E-state index in [1.165, 1.54) is 44.9 Å². The zero-order valence-corrected chi connectivity index (χ0v) is 15.6. The Morgan fingerprint density at radius 2 is 2.00 bits per heavy atom. The Hall–Kier alpha value is -0.570. The molecule has 7 unspecified atom stereocenters. The van der Waals surface area contributed by atoms with Gasteiger partial charge >= 0.3 is 5.97 Å². The number of rotatable bonds is 4. The molecular formula is C21H33NO2. The molecule has 0 amide bonds. The summed E-state index contributed by atoms with van der Waals surface area (Å²) in [5.74, 6) is 1.69. The Morgan fingerprint density at radius 1 is 1.21 bits per heavy atom. The molecule has 0 aromatic rings. The monoisotopic (exact) mass is 331 g/mol. The average Bonchev–Trinajstić information content (AvgIpc) is 3.16. The molecule has 134 valence electrons. The van der Waals surface area contributed by atoms with Gasteiger partial charge in [-0.25, -0.2) is 0 Å². The lowest BCUT2D eigenvalue weighted by Crippen LogP contribution is -2.57. The summed E-state index contributed by atoms with van der Waals surface area (Å²) < 4.78 is 0. The molecule has 5 aliphatic rings. The highest BCUT2D eigenvalue weighted by molar-refractivity contribution is 5.67. The first-order valence-corrected chi connectivity index (χ1v) is 10.4. The average molecular weight is 332 g/mol. The molecule has 3 nitrogen and oxygen atoms in total. The van der Waals surface area contributed by atoms with Crippen LogP contribution in [0.25, 0.3) is 0 Å². The fraction of sp³-hybridized carbons (Fsp3) is 0.952. The molecule has 5 rings (SSSR count). The molecule has 3 heterocycles. The summed E-state index contributed by atoms with van der Waals surface area (Å²) >= 11 is 0. The fourth-order valence-electron chi connectivity index (χ4n) is 9.19. The minimum absolute atomic E-state index is 0.288. The first-order chi connectivity index (χ1) is 11.4. The van der Waals surface area contributed by atoms with Crippen molar-refractivity contribution in [3.05, 3.63) is 0 Å². The minimum Gasteiger partial charge on any atom is -0.481 e. The number of piperidine rings is 1. The molecular weight excluding hydrogens is 298 g/mol. The van der Waals surface area contributed by atoms with E-state index in [2.05, 4.69) is 25.7 Å². The molecule has 4 bridgehead atoms. The van der Waals surface area contributed by atoms with Gasteiger partial charge in [0.25, 0.3) is 0 Å². The zero-order chi connectivity index (χ0) is 16.9. The van der Waals surface area contributed by atoms with Gasteiger partial charge < -0.3 is 5.11 Å². The lowest BCUT2D eigenvalue weighted by atomic mass is 9.46. The van der Waals surface area contributed by atoms with E-state index < -0.39 is 5.97 Å². The highest BCUT2D eigenvalue weighted by Crippen LogP contribution is 2.82. The molecule has 24 heavy (non-hydrogen) atoms. The molecule has 1 N–H and O–H groups in total. The third-order valence-electron chi connectivity index (χ3n) is 9.71. The van der Waals surface area contributed by atoms with Crippen molar-refractivity contribution >= 4 is 5.97 Å². The molecule has 3 heteroatoms. The number of hydrogen-bond donors (Lipinski definition) is 1.